The summed E-state index contributed by atoms with van der Waals surface area (Å²) in [7, 11) is 1.40. The van der Waals surface area contributed by atoms with E-state index in [4.69, 9.17) is 4.74 Å². The van der Waals surface area contributed by atoms with Crippen LogP contribution in [0.4, 0.5) is 13.2 Å². The van der Waals surface area contributed by atoms with Gasteiger partial charge < -0.3 is 14.5 Å². The Morgan fingerprint density at radius 2 is 1.89 bits per heavy atom. The molecule has 0 amide bonds. The van der Waals surface area contributed by atoms with Crippen molar-refractivity contribution in [1.82, 2.24) is 15.0 Å². The van der Waals surface area contributed by atoms with E-state index in [1.54, 1.807) is 6.33 Å². The zero-order valence-corrected chi connectivity index (χ0v) is 16.1. The van der Waals surface area contributed by atoms with E-state index in [2.05, 4.69) is 33.5 Å². The molecule has 1 aromatic carbocycles. The number of fused-ring (bicyclic) bond motifs is 1. The van der Waals surface area contributed by atoms with Gasteiger partial charge in [0.1, 0.15) is 11.5 Å². The van der Waals surface area contributed by atoms with Gasteiger partial charge in [0.25, 0.3) is 0 Å². The fourth-order valence-electron chi connectivity index (χ4n) is 3.61. The van der Waals surface area contributed by atoms with E-state index in [0.717, 1.165) is 29.5 Å². The van der Waals surface area contributed by atoms with E-state index < -0.39 is 6.36 Å². The molecule has 0 fully saturated rings. The molecule has 0 unspecified atom stereocenters. The van der Waals surface area contributed by atoms with E-state index in [0.29, 0.717) is 22.8 Å². The van der Waals surface area contributed by atoms with Crippen molar-refractivity contribution in [2.45, 2.75) is 45.9 Å². The third-order valence-electron chi connectivity index (χ3n) is 4.92. The number of ether oxygens (including phenoxy) is 2. The van der Waals surface area contributed by atoms with Crippen LogP contribution in [-0.4, -0.2) is 28.4 Å². The van der Waals surface area contributed by atoms with Crippen molar-refractivity contribution in [3.05, 3.63) is 35.7 Å². The summed E-state index contributed by atoms with van der Waals surface area (Å²) in [5.74, 6) is 0.220. The van der Waals surface area contributed by atoms with Gasteiger partial charge in [0, 0.05) is 11.6 Å². The van der Waals surface area contributed by atoms with E-state index in [9.17, 15) is 13.2 Å². The highest BCUT2D eigenvalue weighted by Gasteiger charge is 2.31. The van der Waals surface area contributed by atoms with Crippen LogP contribution in [0.3, 0.4) is 0 Å². The number of methoxy groups -OCH3 is 1. The van der Waals surface area contributed by atoms with Gasteiger partial charge >= 0.3 is 6.36 Å². The van der Waals surface area contributed by atoms with Crippen LogP contribution in [0.15, 0.2) is 24.5 Å². The number of pyridine rings is 1. The van der Waals surface area contributed by atoms with Crippen molar-refractivity contribution in [3.8, 4) is 22.8 Å². The van der Waals surface area contributed by atoms with Gasteiger partial charge in [-0.15, -0.1) is 13.2 Å². The molecule has 0 saturated carbocycles. The normalized spacial score (nSPS) is 12.0. The average molecular weight is 393 g/mol. The number of hydrogen-bond acceptors (Lipinski definition) is 4. The molecule has 2 heterocycles. The Labute approximate surface area is 160 Å². The summed E-state index contributed by atoms with van der Waals surface area (Å²) in [4.78, 5) is 12.1. The van der Waals surface area contributed by atoms with E-state index >= 15 is 0 Å². The second-order valence-electron chi connectivity index (χ2n) is 6.52. The molecule has 3 rings (SSSR count). The minimum atomic E-state index is -4.77. The number of imidazole rings is 1. The van der Waals surface area contributed by atoms with Crippen LogP contribution >= 0.6 is 0 Å². The number of aromatic amines is 1. The predicted molar refractivity (Wildman–Crippen MR) is 101 cm³/mol. The SMILES string of the molecule is CCC(CC)c1c(C)c(-c2ccc(OC(F)(F)F)cc2OC)nc2nc[nH]c12. The fraction of sp³-hybridized carbons (Fsp3) is 0.400. The largest absolute Gasteiger partial charge is 0.573 e. The van der Waals surface area contributed by atoms with Crippen LogP contribution in [-0.2, 0) is 0 Å². The number of hydrogen-bond donors (Lipinski definition) is 1. The van der Waals surface area contributed by atoms with Crippen LogP contribution < -0.4 is 9.47 Å². The lowest BCUT2D eigenvalue weighted by Crippen LogP contribution is -2.17. The molecule has 150 valence electrons. The molecule has 1 N–H and O–H groups in total. The summed E-state index contributed by atoms with van der Waals surface area (Å²) in [5.41, 5.74) is 4.77. The first-order valence-corrected chi connectivity index (χ1v) is 9.06. The second kappa shape index (κ2) is 7.69. The molecule has 0 bridgehead atoms. The zero-order chi connectivity index (χ0) is 20.5. The van der Waals surface area contributed by atoms with Crippen molar-refractivity contribution in [2.75, 3.05) is 7.11 Å². The highest BCUT2D eigenvalue weighted by molar-refractivity contribution is 5.84. The van der Waals surface area contributed by atoms with Gasteiger partial charge in [-0.1, -0.05) is 13.8 Å². The molecular formula is C20H22F3N3O2. The second-order valence-corrected chi connectivity index (χ2v) is 6.52. The quantitative estimate of drug-likeness (QED) is 0.580. The van der Waals surface area contributed by atoms with Gasteiger partial charge in [0.2, 0.25) is 0 Å². The molecule has 8 heteroatoms. The Bertz CT molecular complexity index is 979. The number of aromatic nitrogens is 3. The Morgan fingerprint density at radius 3 is 2.50 bits per heavy atom. The average Bonchev–Trinajstić information content (AvgIpc) is 3.11. The Morgan fingerprint density at radius 1 is 1.18 bits per heavy atom. The van der Waals surface area contributed by atoms with Gasteiger partial charge in [-0.05, 0) is 48.9 Å². The summed E-state index contributed by atoms with van der Waals surface area (Å²) in [6.07, 6.45) is -1.27. The van der Waals surface area contributed by atoms with Gasteiger partial charge in [-0.2, -0.15) is 0 Å². The van der Waals surface area contributed by atoms with Gasteiger partial charge in [-0.25, -0.2) is 9.97 Å². The third-order valence-corrected chi connectivity index (χ3v) is 4.92. The Kier molecular flexibility index (Phi) is 5.49. The van der Waals surface area contributed by atoms with Crippen LogP contribution in [0.1, 0.15) is 43.7 Å². The van der Waals surface area contributed by atoms with Gasteiger partial charge in [-0.3, -0.25) is 0 Å². The highest BCUT2D eigenvalue weighted by atomic mass is 19.4. The van der Waals surface area contributed by atoms with Crippen LogP contribution in [0.5, 0.6) is 11.5 Å². The topological polar surface area (TPSA) is 60.0 Å². The molecule has 0 aliphatic rings. The van der Waals surface area contributed by atoms with Crippen molar-refractivity contribution in [2.24, 2.45) is 0 Å². The van der Waals surface area contributed by atoms with Crippen molar-refractivity contribution in [3.63, 3.8) is 0 Å². The van der Waals surface area contributed by atoms with E-state index in [1.807, 2.05) is 6.92 Å². The first kappa shape index (κ1) is 20.0. The maximum atomic E-state index is 12.5. The lowest BCUT2D eigenvalue weighted by molar-refractivity contribution is -0.274. The lowest BCUT2D eigenvalue weighted by atomic mass is 9.88. The monoisotopic (exact) mass is 393 g/mol. The van der Waals surface area contributed by atoms with E-state index in [-0.39, 0.29) is 11.5 Å². The van der Waals surface area contributed by atoms with Crippen LogP contribution in [0.25, 0.3) is 22.4 Å². The zero-order valence-electron chi connectivity index (χ0n) is 16.1. The summed E-state index contributed by atoms with van der Waals surface area (Å²) >= 11 is 0. The molecule has 0 radical (unpaired) electrons. The van der Waals surface area contributed by atoms with Crippen molar-refractivity contribution < 1.29 is 22.6 Å². The molecule has 0 spiro atoms. The maximum absolute atomic E-state index is 12.5. The van der Waals surface area contributed by atoms with Crippen molar-refractivity contribution >= 4 is 11.2 Å². The maximum Gasteiger partial charge on any atom is 0.573 e. The first-order chi connectivity index (χ1) is 13.3. The predicted octanol–water partition coefficient (Wildman–Crippen LogP) is 5.74. The number of H-pyrrole nitrogens is 1. The summed E-state index contributed by atoms with van der Waals surface area (Å²) in [6, 6.07) is 4.01. The summed E-state index contributed by atoms with van der Waals surface area (Å²) < 4.78 is 47.0. The molecule has 28 heavy (non-hydrogen) atoms. The molecule has 0 aliphatic heterocycles. The number of nitrogens with zero attached hydrogens (tertiary/aromatic N) is 2. The fourth-order valence-corrected chi connectivity index (χ4v) is 3.61. The van der Waals surface area contributed by atoms with Gasteiger partial charge in [0.05, 0.1) is 24.6 Å². The number of halogens is 3. The first-order valence-electron chi connectivity index (χ1n) is 9.06. The lowest BCUT2D eigenvalue weighted by Gasteiger charge is -2.20. The Hall–Kier alpha value is -2.77. The standard InChI is InChI=1S/C20H22F3N3O2/c1-5-12(6-2)16-11(3)17(26-19-18(16)24-10-25-19)14-8-7-13(9-15(14)27-4)28-20(21,22)23/h7-10,12H,5-6H2,1-4H3,(H,24,25,26). The van der Waals surface area contributed by atoms with E-state index in [1.165, 1.54) is 25.3 Å². The molecule has 2 aromatic heterocycles. The Balaban J connectivity index is 2.19. The van der Waals surface area contributed by atoms with Crippen molar-refractivity contribution in [1.29, 1.82) is 0 Å². The number of rotatable bonds is 6. The number of alkyl halides is 3. The molecule has 0 saturated heterocycles. The number of benzene rings is 1. The summed E-state index contributed by atoms with van der Waals surface area (Å²) in [6.45, 7) is 6.22. The highest BCUT2D eigenvalue weighted by Crippen LogP contribution is 2.40. The summed E-state index contributed by atoms with van der Waals surface area (Å²) in [5, 5.41) is 0. The van der Waals surface area contributed by atoms with Gasteiger partial charge in [0.15, 0.2) is 5.65 Å². The minimum Gasteiger partial charge on any atom is -0.496 e. The molecule has 0 aliphatic carbocycles. The smallest absolute Gasteiger partial charge is 0.496 e. The molecule has 3 aromatic rings. The minimum absolute atomic E-state index is 0.253. The molecule has 5 nitrogen and oxygen atoms in total. The number of nitrogens with one attached hydrogen (secondary N) is 1. The molecule has 0 atom stereocenters. The molecular weight excluding hydrogens is 371 g/mol. The van der Waals surface area contributed by atoms with Crippen LogP contribution in [0.2, 0.25) is 0 Å². The third kappa shape index (κ3) is 3.76. The van der Waals surface area contributed by atoms with Crippen LogP contribution in [0, 0.1) is 6.92 Å².